The van der Waals surface area contributed by atoms with E-state index in [0.29, 0.717) is 12.0 Å². The first kappa shape index (κ1) is 18.0. The number of benzene rings is 1. The largest absolute Gasteiger partial charge is 0.421 e. The van der Waals surface area contributed by atoms with Crippen molar-refractivity contribution in [1.29, 1.82) is 0 Å². The molecule has 0 aliphatic heterocycles. The van der Waals surface area contributed by atoms with Gasteiger partial charge in [-0.05, 0) is 12.8 Å². The molecule has 4 heteroatoms. The van der Waals surface area contributed by atoms with Crippen LogP contribution in [0.5, 0.6) is 0 Å². The Hall–Kier alpha value is -2.10. The van der Waals surface area contributed by atoms with Crippen LogP contribution in [0.25, 0.3) is 0 Å². The maximum absolute atomic E-state index is 11.9. The second-order valence-electron chi connectivity index (χ2n) is 5.24. The van der Waals surface area contributed by atoms with Gasteiger partial charge < -0.3 is 9.47 Å². The molecule has 0 amide bonds. The average molecular weight is 304 g/mol. The molecule has 0 saturated heterocycles. The van der Waals surface area contributed by atoms with Crippen molar-refractivity contribution in [2.45, 2.75) is 46.3 Å². The monoisotopic (exact) mass is 304 g/mol. The lowest BCUT2D eigenvalue weighted by atomic mass is 10.2. The zero-order valence-corrected chi connectivity index (χ0v) is 13.5. The summed E-state index contributed by atoms with van der Waals surface area (Å²) in [4.78, 5) is 23.7. The number of hydrogen-bond donors (Lipinski definition) is 0. The van der Waals surface area contributed by atoms with Gasteiger partial charge in [-0.3, -0.25) is 9.59 Å². The van der Waals surface area contributed by atoms with Crippen LogP contribution < -0.4 is 0 Å². The number of ether oxygens (including phenoxy) is 2. The minimum atomic E-state index is -0.987. The fourth-order valence-electron chi connectivity index (χ4n) is 1.68. The Balaban J connectivity index is 2.68. The Labute approximate surface area is 132 Å². The Kier molecular flexibility index (Phi) is 7.97. The topological polar surface area (TPSA) is 52.6 Å². The predicted octanol–water partition coefficient (Wildman–Crippen LogP) is 4.17. The normalized spacial score (nSPS) is 12.4. The summed E-state index contributed by atoms with van der Waals surface area (Å²) in [5.74, 6) is -1.06. The molecule has 0 fully saturated rings. The van der Waals surface area contributed by atoms with Gasteiger partial charge in [0.2, 0.25) is 0 Å². The summed E-state index contributed by atoms with van der Waals surface area (Å²) in [6, 6.07) is 9.00. The van der Waals surface area contributed by atoms with E-state index < -0.39 is 12.3 Å². The standard InChI is InChI=1S/C18H24O4/c1-4-5-6-10-13-16(19)21-18(22-17(20)14(2)3)15-11-8-7-9-12-15/h5-9,11-12,14,18H,4,10,13H2,1-3H3/b6-5+. The summed E-state index contributed by atoms with van der Waals surface area (Å²) in [5, 5.41) is 0. The summed E-state index contributed by atoms with van der Waals surface area (Å²) in [7, 11) is 0. The fraction of sp³-hybridized carbons (Fsp3) is 0.444. The SMILES string of the molecule is CC/C=C/CCC(=O)OC(OC(=O)C(C)C)c1ccccc1. The van der Waals surface area contributed by atoms with E-state index in [4.69, 9.17) is 9.47 Å². The average Bonchev–Trinajstić information content (AvgIpc) is 2.51. The van der Waals surface area contributed by atoms with Gasteiger partial charge in [0.05, 0.1) is 5.92 Å². The van der Waals surface area contributed by atoms with Crippen LogP contribution in [0.2, 0.25) is 0 Å². The molecule has 1 atom stereocenters. The summed E-state index contributed by atoms with van der Waals surface area (Å²) in [6.07, 6.45) is 4.78. The molecule has 1 unspecified atom stereocenters. The minimum Gasteiger partial charge on any atom is -0.421 e. The molecule has 1 rings (SSSR count). The molecule has 1 aromatic rings. The summed E-state index contributed by atoms with van der Waals surface area (Å²) in [6.45, 7) is 5.51. The van der Waals surface area contributed by atoms with E-state index in [-0.39, 0.29) is 18.3 Å². The number of allylic oxidation sites excluding steroid dienone is 2. The predicted molar refractivity (Wildman–Crippen MR) is 84.9 cm³/mol. The quantitative estimate of drug-likeness (QED) is 0.411. The van der Waals surface area contributed by atoms with E-state index in [2.05, 4.69) is 0 Å². The molecule has 0 aliphatic rings. The molecule has 0 N–H and O–H groups in total. The first-order chi connectivity index (χ1) is 10.5. The molecule has 0 spiro atoms. The van der Waals surface area contributed by atoms with Crippen LogP contribution in [-0.4, -0.2) is 11.9 Å². The first-order valence-corrected chi connectivity index (χ1v) is 7.64. The van der Waals surface area contributed by atoms with E-state index in [1.807, 2.05) is 37.3 Å². The highest BCUT2D eigenvalue weighted by atomic mass is 16.7. The maximum Gasteiger partial charge on any atom is 0.311 e. The van der Waals surface area contributed by atoms with Gasteiger partial charge >= 0.3 is 11.9 Å². The second-order valence-corrected chi connectivity index (χ2v) is 5.24. The minimum absolute atomic E-state index is 0.263. The molecule has 0 radical (unpaired) electrons. The number of hydrogen-bond acceptors (Lipinski definition) is 4. The third-order valence-electron chi connectivity index (χ3n) is 2.92. The lowest BCUT2D eigenvalue weighted by molar-refractivity contribution is -0.192. The molecule has 4 nitrogen and oxygen atoms in total. The van der Waals surface area contributed by atoms with Gasteiger partial charge in [-0.25, -0.2) is 0 Å². The van der Waals surface area contributed by atoms with E-state index in [0.717, 1.165) is 6.42 Å². The summed E-state index contributed by atoms with van der Waals surface area (Å²) in [5.41, 5.74) is 0.647. The zero-order valence-electron chi connectivity index (χ0n) is 13.5. The molecule has 0 bridgehead atoms. The van der Waals surface area contributed by atoms with E-state index in [1.165, 1.54) is 0 Å². The van der Waals surface area contributed by atoms with Crippen LogP contribution in [0.1, 0.15) is 51.9 Å². The molecule has 22 heavy (non-hydrogen) atoms. The van der Waals surface area contributed by atoms with Crippen molar-refractivity contribution < 1.29 is 19.1 Å². The van der Waals surface area contributed by atoms with Crippen molar-refractivity contribution in [3.05, 3.63) is 48.0 Å². The van der Waals surface area contributed by atoms with Crippen molar-refractivity contribution >= 4 is 11.9 Å². The van der Waals surface area contributed by atoms with Crippen LogP contribution in [-0.2, 0) is 19.1 Å². The molecule has 0 aromatic heterocycles. The smallest absolute Gasteiger partial charge is 0.311 e. The van der Waals surface area contributed by atoms with Gasteiger partial charge in [-0.2, -0.15) is 0 Å². The third-order valence-corrected chi connectivity index (χ3v) is 2.92. The number of carbonyl (C=O) groups is 2. The number of carbonyl (C=O) groups excluding carboxylic acids is 2. The Bertz CT molecular complexity index is 491. The Morgan fingerprint density at radius 2 is 1.77 bits per heavy atom. The van der Waals surface area contributed by atoms with Gasteiger partial charge in [-0.1, -0.05) is 63.3 Å². The second kappa shape index (κ2) is 9.77. The molecule has 120 valence electrons. The molecular formula is C18H24O4. The molecule has 1 aromatic carbocycles. The number of esters is 2. The highest BCUT2D eigenvalue weighted by Gasteiger charge is 2.22. The number of rotatable bonds is 8. The van der Waals surface area contributed by atoms with Gasteiger partial charge in [0, 0.05) is 12.0 Å². The fourth-order valence-corrected chi connectivity index (χ4v) is 1.68. The van der Waals surface area contributed by atoms with Crippen molar-refractivity contribution in [3.63, 3.8) is 0 Å². The third kappa shape index (κ3) is 6.57. The molecular weight excluding hydrogens is 280 g/mol. The van der Waals surface area contributed by atoms with Crippen LogP contribution in [0.3, 0.4) is 0 Å². The lowest BCUT2D eigenvalue weighted by Crippen LogP contribution is -2.20. The maximum atomic E-state index is 11.9. The van der Waals surface area contributed by atoms with Crippen LogP contribution in [0.4, 0.5) is 0 Å². The van der Waals surface area contributed by atoms with Gasteiger partial charge in [0.15, 0.2) is 0 Å². The highest BCUT2D eigenvalue weighted by molar-refractivity contribution is 5.73. The van der Waals surface area contributed by atoms with Crippen molar-refractivity contribution in [3.8, 4) is 0 Å². The van der Waals surface area contributed by atoms with Gasteiger partial charge in [-0.15, -0.1) is 0 Å². The zero-order chi connectivity index (χ0) is 16.4. The van der Waals surface area contributed by atoms with E-state index in [1.54, 1.807) is 26.0 Å². The van der Waals surface area contributed by atoms with Crippen LogP contribution >= 0.6 is 0 Å². The molecule has 0 heterocycles. The highest BCUT2D eigenvalue weighted by Crippen LogP contribution is 2.21. The Morgan fingerprint density at radius 3 is 2.36 bits per heavy atom. The summed E-state index contributed by atoms with van der Waals surface area (Å²) < 4.78 is 10.6. The Morgan fingerprint density at radius 1 is 1.09 bits per heavy atom. The lowest BCUT2D eigenvalue weighted by Gasteiger charge is -2.19. The van der Waals surface area contributed by atoms with Crippen molar-refractivity contribution in [2.24, 2.45) is 5.92 Å². The first-order valence-electron chi connectivity index (χ1n) is 7.64. The molecule has 0 aliphatic carbocycles. The molecule has 0 saturated carbocycles. The van der Waals surface area contributed by atoms with Crippen LogP contribution in [0.15, 0.2) is 42.5 Å². The van der Waals surface area contributed by atoms with E-state index in [9.17, 15) is 9.59 Å². The van der Waals surface area contributed by atoms with E-state index >= 15 is 0 Å². The van der Waals surface area contributed by atoms with Gasteiger partial charge in [0.1, 0.15) is 0 Å². The van der Waals surface area contributed by atoms with Crippen molar-refractivity contribution in [2.75, 3.05) is 0 Å². The van der Waals surface area contributed by atoms with Gasteiger partial charge in [0.25, 0.3) is 6.29 Å². The van der Waals surface area contributed by atoms with Crippen LogP contribution in [0, 0.1) is 5.92 Å². The van der Waals surface area contributed by atoms with Crippen molar-refractivity contribution in [1.82, 2.24) is 0 Å². The summed E-state index contributed by atoms with van der Waals surface area (Å²) >= 11 is 0.